The zero-order valence-electron chi connectivity index (χ0n) is 15.6. The van der Waals surface area contributed by atoms with Gasteiger partial charge in [0.15, 0.2) is 0 Å². The summed E-state index contributed by atoms with van der Waals surface area (Å²) >= 11 is 0. The first kappa shape index (κ1) is 21.5. The zero-order valence-corrected chi connectivity index (χ0v) is 15.6. The van der Waals surface area contributed by atoms with Gasteiger partial charge in [0, 0.05) is 6.07 Å². The summed E-state index contributed by atoms with van der Waals surface area (Å²) in [6.07, 6.45) is -4.93. The molecule has 0 saturated carbocycles. The van der Waals surface area contributed by atoms with E-state index in [0.717, 1.165) is 12.1 Å². The topological polar surface area (TPSA) is 108 Å². The number of ether oxygens (including phenoxy) is 1. The molecule has 0 atom stereocenters. The maximum atomic E-state index is 12.7. The van der Waals surface area contributed by atoms with Crippen molar-refractivity contribution in [2.45, 2.75) is 6.36 Å². The molecular weight excluding hydrogens is 417 g/mol. The van der Waals surface area contributed by atoms with E-state index in [1.807, 2.05) is 0 Å². The second kappa shape index (κ2) is 8.66. The predicted molar refractivity (Wildman–Crippen MR) is 106 cm³/mol. The summed E-state index contributed by atoms with van der Waals surface area (Å²) in [7, 11) is 0. The van der Waals surface area contributed by atoms with Crippen molar-refractivity contribution < 1.29 is 37.7 Å². The number of carboxylic acid groups (broad SMARTS) is 2. The van der Waals surface area contributed by atoms with Crippen molar-refractivity contribution in [1.82, 2.24) is 0 Å². The monoisotopic (exact) mass is 432 g/mol. The van der Waals surface area contributed by atoms with E-state index in [1.165, 1.54) is 42.5 Å². The third-order valence-electron chi connectivity index (χ3n) is 4.08. The Morgan fingerprint density at radius 2 is 1.19 bits per heavy atom. The highest BCUT2D eigenvalue weighted by Crippen LogP contribution is 2.35. The Morgan fingerprint density at radius 1 is 0.710 bits per heavy atom. The first-order valence-corrected chi connectivity index (χ1v) is 8.72. The van der Waals surface area contributed by atoms with Crippen molar-refractivity contribution in [2.24, 2.45) is 0 Å². The van der Waals surface area contributed by atoms with Crippen LogP contribution in [0.3, 0.4) is 0 Å². The summed E-state index contributed by atoms with van der Waals surface area (Å²) < 4.78 is 41.9. The van der Waals surface area contributed by atoms with E-state index in [4.69, 9.17) is 0 Å². The number of rotatable bonds is 7. The van der Waals surface area contributed by atoms with E-state index < -0.39 is 24.1 Å². The van der Waals surface area contributed by atoms with E-state index in [1.54, 1.807) is 12.1 Å². The van der Waals surface area contributed by atoms with Gasteiger partial charge in [-0.2, -0.15) is 0 Å². The van der Waals surface area contributed by atoms with Crippen molar-refractivity contribution >= 4 is 34.7 Å². The number of nitrogens with one attached hydrogen (secondary N) is 2. The third kappa shape index (κ3) is 5.44. The van der Waals surface area contributed by atoms with E-state index in [-0.39, 0.29) is 33.9 Å². The van der Waals surface area contributed by atoms with Crippen molar-refractivity contribution in [3.8, 4) is 5.75 Å². The largest absolute Gasteiger partial charge is 0.573 e. The fraction of sp³-hybridized carbons (Fsp3) is 0.0476. The number of anilines is 4. The second-order valence-electron chi connectivity index (χ2n) is 6.21. The van der Waals surface area contributed by atoms with Gasteiger partial charge in [0.1, 0.15) is 5.75 Å². The SMILES string of the molecule is O=C(O)c1ccccc1Nc1ccc(OC(F)(F)F)cc1Nc1ccccc1C(=O)O. The van der Waals surface area contributed by atoms with Crippen molar-refractivity contribution in [3.63, 3.8) is 0 Å². The number of halogens is 3. The minimum absolute atomic E-state index is 0.0376. The van der Waals surface area contributed by atoms with E-state index in [2.05, 4.69) is 15.4 Å². The van der Waals surface area contributed by atoms with Crippen LogP contribution in [0.4, 0.5) is 35.9 Å². The zero-order chi connectivity index (χ0) is 22.6. The Balaban J connectivity index is 2.05. The molecule has 0 fully saturated rings. The number of aromatic carboxylic acids is 2. The van der Waals surface area contributed by atoms with Gasteiger partial charge in [-0.1, -0.05) is 24.3 Å². The normalized spacial score (nSPS) is 10.9. The standard InChI is InChI=1S/C21H15F3N2O5/c22-21(23,24)31-12-9-10-17(25-15-7-3-1-5-13(15)19(27)28)18(11-12)26-16-8-4-2-6-14(16)20(29)30/h1-11,25-26H,(H,27,28)(H,29,30). The fourth-order valence-corrected chi connectivity index (χ4v) is 2.78. The molecule has 0 heterocycles. The Labute approximate surface area is 173 Å². The van der Waals surface area contributed by atoms with Crippen molar-refractivity contribution in [2.75, 3.05) is 10.6 Å². The Morgan fingerprint density at radius 3 is 1.68 bits per heavy atom. The highest BCUT2D eigenvalue weighted by Gasteiger charge is 2.31. The molecule has 0 amide bonds. The summed E-state index contributed by atoms with van der Waals surface area (Å²) in [5, 5.41) is 24.3. The highest BCUT2D eigenvalue weighted by atomic mass is 19.4. The number of para-hydroxylation sites is 2. The quantitative estimate of drug-likeness (QED) is 0.392. The first-order valence-electron chi connectivity index (χ1n) is 8.72. The molecule has 0 aromatic heterocycles. The summed E-state index contributed by atoms with van der Waals surface area (Å²) in [5.74, 6) is -2.98. The smallest absolute Gasteiger partial charge is 0.478 e. The molecule has 0 spiro atoms. The van der Waals surface area contributed by atoms with Crippen molar-refractivity contribution in [1.29, 1.82) is 0 Å². The molecule has 31 heavy (non-hydrogen) atoms. The van der Waals surface area contributed by atoms with Gasteiger partial charge in [0.25, 0.3) is 0 Å². The van der Waals surface area contributed by atoms with Gasteiger partial charge in [-0.05, 0) is 36.4 Å². The minimum atomic E-state index is -4.93. The summed E-state index contributed by atoms with van der Waals surface area (Å²) in [6, 6.07) is 15.1. The van der Waals surface area contributed by atoms with Gasteiger partial charge < -0.3 is 25.6 Å². The van der Waals surface area contributed by atoms with E-state index >= 15 is 0 Å². The maximum absolute atomic E-state index is 12.7. The third-order valence-corrected chi connectivity index (χ3v) is 4.08. The van der Waals surface area contributed by atoms with Gasteiger partial charge in [-0.25, -0.2) is 9.59 Å². The molecule has 3 aromatic rings. The van der Waals surface area contributed by atoms with Gasteiger partial charge in [-0.15, -0.1) is 13.2 Å². The van der Waals surface area contributed by atoms with E-state index in [0.29, 0.717) is 0 Å². The number of hydrogen-bond acceptors (Lipinski definition) is 5. The average Bonchev–Trinajstić information content (AvgIpc) is 2.69. The lowest BCUT2D eigenvalue weighted by Crippen LogP contribution is -2.17. The molecule has 160 valence electrons. The number of benzene rings is 3. The van der Waals surface area contributed by atoms with Crippen LogP contribution in [-0.4, -0.2) is 28.5 Å². The molecule has 0 aliphatic heterocycles. The van der Waals surface area contributed by atoms with Gasteiger partial charge >= 0.3 is 18.3 Å². The van der Waals surface area contributed by atoms with Crippen LogP contribution < -0.4 is 15.4 Å². The molecular formula is C21H15F3N2O5. The lowest BCUT2D eigenvalue weighted by Gasteiger charge is -2.18. The highest BCUT2D eigenvalue weighted by molar-refractivity contribution is 5.98. The van der Waals surface area contributed by atoms with Crippen LogP contribution in [0.25, 0.3) is 0 Å². The molecule has 10 heteroatoms. The lowest BCUT2D eigenvalue weighted by atomic mass is 10.1. The molecule has 3 aromatic carbocycles. The first-order chi connectivity index (χ1) is 14.6. The Hall–Kier alpha value is -4.21. The van der Waals surface area contributed by atoms with Gasteiger partial charge in [0.2, 0.25) is 0 Å². The Kier molecular flexibility index (Phi) is 6.00. The average molecular weight is 432 g/mol. The molecule has 4 N–H and O–H groups in total. The molecule has 0 aliphatic rings. The van der Waals surface area contributed by atoms with Crippen LogP contribution >= 0.6 is 0 Å². The molecule has 0 aliphatic carbocycles. The van der Waals surface area contributed by atoms with Gasteiger partial charge in [-0.3, -0.25) is 0 Å². The molecule has 0 bridgehead atoms. The summed E-state index contributed by atoms with van der Waals surface area (Å²) in [4.78, 5) is 22.9. The number of carbonyl (C=O) groups is 2. The molecule has 7 nitrogen and oxygen atoms in total. The second-order valence-corrected chi connectivity index (χ2v) is 6.21. The van der Waals surface area contributed by atoms with Crippen molar-refractivity contribution in [3.05, 3.63) is 77.9 Å². The fourth-order valence-electron chi connectivity index (χ4n) is 2.78. The lowest BCUT2D eigenvalue weighted by molar-refractivity contribution is -0.274. The number of hydrogen-bond donors (Lipinski definition) is 4. The number of carboxylic acids is 2. The summed E-state index contributed by atoms with van der Waals surface area (Å²) in [5.41, 5.74) is 0.373. The Bertz CT molecular complexity index is 1130. The molecule has 0 saturated heterocycles. The van der Waals surface area contributed by atoms with Crippen LogP contribution in [0.2, 0.25) is 0 Å². The molecule has 0 unspecified atom stereocenters. The number of alkyl halides is 3. The van der Waals surface area contributed by atoms with E-state index in [9.17, 15) is 33.0 Å². The van der Waals surface area contributed by atoms with Crippen LogP contribution in [0.5, 0.6) is 5.75 Å². The predicted octanol–water partition coefficient (Wildman–Crippen LogP) is 5.47. The summed E-state index contributed by atoms with van der Waals surface area (Å²) in [6.45, 7) is 0. The minimum Gasteiger partial charge on any atom is -0.478 e. The van der Waals surface area contributed by atoms with Crippen LogP contribution in [-0.2, 0) is 0 Å². The van der Waals surface area contributed by atoms with Crippen LogP contribution in [0.1, 0.15) is 20.7 Å². The van der Waals surface area contributed by atoms with Gasteiger partial charge in [0.05, 0.1) is 33.9 Å². The molecule has 3 rings (SSSR count). The van der Waals surface area contributed by atoms with Crippen LogP contribution in [0, 0.1) is 0 Å². The molecule has 0 radical (unpaired) electrons. The maximum Gasteiger partial charge on any atom is 0.573 e. The van der Waals surface area contributed by atoms with Crippen LogP contribution in [0.15, 0.2) is 66.7 Å².